The molecule has 0 aliphatic rings. The number of aromatic nitrogens is 2. The number of aromatic amines is 1. The quantitative estimate of drug-likeness (QED) is 0.883. The summed E-state index contributed by atoms with van der Waals surface area (Å²) in [5.74, 6) is 0.314. The van der Waals surface area contributed by atoms with E-state index in [1.165, 1.54) is 13.2 Å². The summed E-state index contributed by atoms with van der Waals surface area (Å²) in [4.78, 5) is 0. The lowest BCUT2D eigenvalue weighted by Gasteiger charge is -2.13. The fraction of sp³-hybridized carbons (Fsp3) is 0.182. The number of hydrogen-bond acceptors (Lipinski definition) is 3. The van der Waals surface area contributed by atoms with E-state index in [4.69, 9.17) is 10.5 Å². The highest BCUT2D eigenvalue weighted by Gasteiger charge is 2.32. The molecule has 1 heterocycles. The molecular formula is C11H9BrF3N3O. The first-order valence-electron chi connectivity index (χ1n) is 5.09. The molecule has 19 heavy (non-hydrogen) atoms. The molecule has 0 atom stereocenters. The zero-order valence-electron chi connectivity index (χ0n) is 9.68. The number of anilines is 1. The number of alkyl halides is 3. The maximum absolute atomic E-state index is 12.7. The summed E-state index contributed by atoms with van der Waals surface area (Å²) in [6.45, 7) is 0. The van der Waals surface area contributed by atoms with E-state index in [0.29, 0.717) is 11.3 Å². The normalized spacial score (nSPS) is 11.6. The van der Waals surface area contributed by atoms with Crippen LogP contribution in [0.3, 0.4) is 0 Å². The molecule has 0 fully saturated rings. The van der Waals surface area contributed by atoms with E-state index in [1.807, 2.05) is 0 Å². The lowest BCUT2D eigenvalue weighted by atomic mass is 10.1. The van der Waals surface area contributed by atoms with Crippen molar-refractivity contribution < 1.29 is 17.9 Å². The van der Waals surface area contributed by atoms with Crippen LogP contribution < -0.4 is 10.5 Å². The Balaban J connectivity index is 2.62. The molecule has 0 saturated carbocycles. The van der Waals surface area contributed by atoms with E-state index in [2.05, 4.69) is 26.1 Å². The van der Waals surface area contributed by atoms with E-state index in [-0.39, 0.29) is 16.0 Å². The summed E-state index contributed by atoms with van der Waals surface area (Å²) >= 11 is 3.11. The number of hydrogen-bond donors (Lipinski definition) is 2. The summed E-state index contributed by atoms with van der Waals surface area (Å²) in [5.41, 5.74) is 5.58. The zero-order valence-corrected chi connectivity index (χ0v) is 11.3. The third-order valence-corrected chi connectivity index (χ3v) is 3.09. The third-order valence-electron chi connectivity index (χ3n) is 2.47. The second-order valence-electron chi connectivity index (χ2n) is 3.74. The molecule has 1 aromatic carbocycles. The second-order valence-corrected chi connectivity index (χ2v) is 4.59. The minimum Gasteiger partial charge on any atom is -0.496 e. The van der Waals surface area contributed by atoms with Crippen LogP contribution in [0, 0.1) is 0 Å². The molecule has 8 heteroatoms. The minimum atomic E-state index is -4.44. The smallest absolute Gasteiger partial charge is 0.416 e. The number of halogens is 4. The SMILES string of the molecule is COc1cc(C(F)(F)F)cc(Br)c1-c1cc(N)n[nH]1. The van der Waals surface area contributed by atoms with Crippen molar-refractivity contribution >= 4 is 21.7 Å². The highest BCUT2D eigenvalue weighted by Crippen LogP contribution is 2.41. The lowest BCUT2D eigenvalue weighted by molar-refractivity contribution is -0.137. The van der Waals surface area contributed by atoms with Gasteiger partial charge in [-0.1, -0.05) is 0 Å². The molecule has 2 rings (SSSR count). The van der Waals surface area contributed by atoms with Crippen molar-refractivity contribution in [3.8, 4) is 17.0 Å². The maximum atomic E-state index is 12.7. The molecule has 4 nitrogen and oxygen atoms in total. The second kappa shape index (κ2) is 4.76. The summed E-state index contributed by atoms with van der Waals surface area (Å²) in [5, 5.41) is 6.36. The Morgan fingerprint density at radius 1 is 1.32 bits per heavy atom. The predicted octanol–water partition coefficient (Wildman–Crippen LogP) is 3.45. The molecular weight excluding hydrogens is 327 g/mol. The number of ether oxygens (including phenoxy) is 1. The van der Waals surface area contributed by atoms with Crippen LogP contribution in [-0.2, 0) is 6.18 Å². The first-order chi connectivity index (χ1) is 8.82. The predicted molar refractivity (Wildman–Crippen MR) is 67.7 cm³/mol. The molecule has 2 aromatic rings. The van der Waals surface area contributed by atoms with Gasteiger partial charge in [0.15, 0.2) is 0 Å². The third kappa shape index (κ3) is 2.67. The van der Waals surface area contributed by atoms with E-state index < -0.39 is 11.7 Å². The number of benzene rings is 1. The molecule has 3 N–H and O–H groups in total. The van der Waals surface area contributed by atoms with Gasteiger partial charge in [0.05, 0.1) is 23.9 Å². The van der Waals surface area contributed by atoms with Gasteiger partial charge >= 0.3 is 6.18 Å². The van der Waals surface area contributed by atoms with Gasteiger partial charge < -0.3 is 10.5 Å². The molecule has 0 aliphatic heterocycles. The monoisotopic (exact) mass is 335 g/mol. The van der Waals surface area contributed by atoms with Crippen molar-refractivity contribution in [2.24, 2.45) is 0 Å². The standard InChI is InChI=1S/C11H9BrF3N3O/c1-19-8-3-5(11(13,14)15)2-6(12)10(8)7-4-9(16)18-17-7/h2-4H,1H3,(H3,16,17,18). The molecule has 0 unspecified atom stereocenters. The van der Waals surface area contributed by atoms with Crippen LogP contribution in [0.4, 0.5) is 19.0 Å². The zero-order chi connectivity index (χ0) is 14.2. The Bertz CT molecular complexity index is 610. The molecule has 102 valence electrons. The first-order valence-corrected chi connectivity index (χ1v) is 5.88. The minimum absolute atomic E-state index is 0.0744. The number of H-pyrrole nitrogens is 1. The number of nitrogens with two attached hydrogens (primary N) is 1. The van der Waals surface area contributed by atoms with Crippen molar-refractivity contribution in [2.45, 2.75) is 6.18 Å². The summed E-state index contributed by atoms with van der Waals surface area (Å²) in [6.07, 6.45) is -4.44. The fourth-order valence-electron chi connectivity index (χ4n) is 1.63. The average molecular weight is 336 g/mol. The Hall–Kier alpha value is -1.70. The van der Waals surface area contributed by atoms with Gasteiger partial charge in [-0.05, 0) is 28.1 Å². The number of nitrogens with one attached hydrogen (secondary N) is 1. The Morgan fingerprint density at radius 3 is 2.47 bits per heavy atom. The number of rotatable bonds is 2. The van der Waals surface area contributed by atoms with Crippen molar-refractivity contribution in [3.63, 3.8) is 0 Å². The largest absolute Gasteiger partial charge is 0.496 e. The topological polar surface area (TPSA) is 63.9 Å². The van der Waals surface area contributed by atoms with Gasteiger partial charge in [0.25, 0.3) is 0 Å². The highest BCUT2D eigenvalue weighted by atomic mass is 79.9. The Kier molecular flexibility index (Phi) is 3.44. The molecule has 0 spiro atoms. The van der Waals surface area contributed by atoms with Crippen molar-refractivity contribution in [3.05, 3.63) is 28.2 Å². The first kappa shape index (κ1) is 13.7. The van der Waals surface area contributed by atoms with E-state index in [0.717, 1.165) is 12.1 Å². The Morgan fingerprint density at radius 2 is 2.00 bits per heavy atom. The van der Waals surface area contributed by atoms with Crippen molar-refractivity contribution in [1.29, 1.82) is 0 Å². The fourth-order valence-corrected chi connectivity index (χ4v) is 2.29. The number of methoxy groups -OCH3 is 1. The van der Waals surface area contributed by atoms with Crippen LogP contribution in [0.15, 0.2) is 22.7 Å². The van der Waals surface area contributed by atoms with Crippen molar-refractivity contribution in [2.75, 3.05) is 12.8 Å². The van der Waals surface area contributed by atoms with Crippen LogP contribution in [0.1, 0.15) is 5.56 Å². The summed E-state index contributed by atoms with van der Waals surface area (Å²) in [6, 6.07) is 3.42. The van der Waals surface area contributed by atoms with E-state index >= 15 is 0 Å². The summed E-state index contributed by atoms with van der Waals surface area (Å²) < 4.78 is 43.4. The van der Waals surface area contributed by atoms with Gasteiger partial charge in [0, 0.05) is 10.5 Å². The average Bonchev–Trinajstić information content (AvgIpc) is 2.73. The van der Waals surface area contributed by atoms with Gasteiger partial charge in [0.2, 0.25) is 0 Å². The van der Waals surface area contributed by atoms with Crippen LogP contribution in [-0.4, -0.2) is 17.3 Å². The molecule has 0 aliphatic carbocycles. The molecule has 0 amide bonds. The highest BCUT2D eigenvalue weighted by molar-refractivity contribution is 9.10. The van der Waals surface area contributed by atoms with Crippen LogP contribution in [0.25, 0.3) is 11.3 Å². The lowest BCUT2D eigenvalue weighted by Crippen LogP contribution is -2.06. The van der Waals surface area contributed by atoms with E-state index in [9.17, 15) is 13.2 Å². The van der Waals surface area contributed by atoms with Gasteiger partial charge in [-0.3, -0.25) is 5.10 Å². The van der Waals surface area contributed by atoms with Gasteiger partial charge in [-0.2, -0.15) is 18.3 Å². The number of nitrogens with zero attached hydrogens (tertiary/aromatic N) is 1. The Labute approximate surface area is 114 Å². The molecule has 0 saturated heterocycles. The molecule has 1 aromatic heterocycles. The maximum Gasteiger partial charge on any atom is 0.416 e. The van der Waals surface area contributed by atoms with Crippen LogP contribution >= 0.6 is 15.9 Å². The van der Waals surface area contributed by atoms with Crippen LogP contribution in [0.5, 0.6) is 5.75 Å². The number of nitrogen functional groups attached to an aromatic ring is 1. The van der Waals surface area contributed by atoms with Gasteiger partial charge in [0.1, 0.15) is 11.6 Å². The van der Waals surface area contributed by atoms with Crippen LogP contribution in [0.2, 0.25) is 0 Å². The summed E-state index contributed by atoms with van der Waals surface area (Å²) in [7, 11) is 1.30. The van der Waals surface area contributed by atoms with Gasteiger partial charge in [-0.25, -0.2) is 0 Å². The van der Waals surface area contributed by atoms with E-state index in [1.54, 1.807) is 0 Å². The van der Waals surface area contributed by atoms with Crippen molar-refractivity contribution in [1.82, 2.24) is 10.2 Å². The molecule has 0 bridgehead atoms. The molecule has 0 radical (unpaired) electrons. The van der Waals surface area contributed by atoms with Gasteiger partial charge in [-0.15, -0.1) is 0 Å².